The second kappa shape index (κ2) is 18.3. The number of ketones is 1. The van der Waals surface area contributed by atoms with E-state index in [1.807, 2.05) is 33.8 Å². The summed E-state index contributed by atoms with van der Waals surface area (Å²) in [6.07, 6.45) is 7.74. The molecule has 0 saturated heterocycles. The Bertz CT molecular complexity index is 1930. The summed E-state index contributed by atoms with van der Waals surface area (Å²) in [5, 5.41) is 13.2. The molecule has 2 aromatic heterocycles. The molecule has 0 aliphatic heterocycles. The molecule has 0 unspecified atom stereocenters. The molecule has 0 amide bonds. The fourth-order valence-electron chi connectivity index (χ4n) is 7.13. The molecule has 0 aliphatic carbocycles. The third-order valence-corrected chi connectivity index (χ3v) is 9.88. The number of pyridine rings is 1. The van der Waals surface area contributed by atoms with E-state index >= 15 is 0 Å². The van der Waals surface area contributed by atoms with E-state index in [1.54, 1.807) is 6.26 Å². The van der Waals surface area contributed by atoms with Crippen molar-refractivity contribution >= 4 is 27.7 Å². The summed E-state index contributed by atoms with van der Waals surface area (Å²) in [6.45, 7) is 23.8. The standard InChI is InChI=1S/C33H34NO.C13H24O2.Ir/c1-20(2)14-23-15-21(3)31(22(4)16-23)28-19-30(34-32-27(28)12-13-35-32)25-17-24-10-8-9-11-26(24)29(18-25)33(5,6)7;1-5-10(6-2)12(14)9-13(15)11(7-3)8-4;/h8-13,15-16,18-20H,14H2,1-7H3;9-11,14H,5-8H2,1-4H3;/q-1;;/b;12-9-;. The number of carbonyl (C=O) groups is 1. The van der Waals surface area contributed by atoms with Crippen LogP contribution < -0.4 is 0 Å². The Labute approximate surface area is 320 Å². The maximum absolute atomic E-state index is 11.7. The van der Waals surface area contributed by atoms with Gasteiger partial charge in [0.2, 0.25) is 5.71 Å². The number of nitrogens with zero attached hydrogens (tertiary/aromatic N) is 1. The van der Waals surface area contributed by atoms with Crippen LogP contribution in [-0.4, -0.2) is 15.9 Å². The van der Waals surface area contributed by atoms with Crippen molar-refractivity contribution in [2.75, 3.05) is 0 Å². The number of aliphatic hydroxyl groups is 1. The van der Waals surface area contributed by atoms with Crippen LogP contribution in [0, 0.1) is 37.7 Å². The van der Waals surface area contributed by atoms with Gasteiger partial charge in [0, 0.05) is 49.1 Å². The van der Waals surface area contributed by atoms with Crippen LogP contribution in [-0.2, 0) is 36.7 Å². The van der Waals surface area contributed by atoms with E-state index in [-0.39, 0.29) is 48.9 Å². The topological polar surface area (TPSA) is 63.3 Å². The number of fused-ring (bicyclic) bond motifs is 2. The van der Waals surface area contributed by atoms with Crippen molar-refractivity contribution in [3.05, 3.63) is 101 Å². The number of aliphatic hydroxyl groups excluding tert-OH is 1. The number of aromatic nitrogens is 1. The zero-order valence-corrected chi connectivity index (χ0v) is 35.1. The van der Waals surface area contributed by atoms with E-state index in [9.17, 15) is 9.90 Å². The van der Waals surface area contributed by atoms with Crippen molar-refractivity contribution in [3.8, 4) is 22.4 Å². The second-order valence-electron chi connectivity index (χ2n) is 15.3. The zero-order valence-electron chi connectivity index (χ0n) is 32.7. The molecule has 5 heteroatoms. The van der Waals surface area contributed by atoms with Gasteiger partial charge in [0.1, 0.15) is 0 Å². The monoisotopic (exact) mass is 865 g/mol. The minimum absolute atomic E-state index is 0. The number of allylic oxidation sites excluding steroid dienone is 2. The molecule has 0 atom stereocenters. The number of rotatable bonds is 11. The number of hydrogen-bond acceptors (Lipinski definition) is 4. The van der Waals surface area contributed by atoms with Crippen LogP contribution in [0.5, 0.6) is 0 Å². The van der Waals surface area contributed by atoms with E-state index in [1.165, 1.54) is 44.8 Å². The van der Waals surface area contributed by atoms with Gasteiger partial charge in [-0.2, -0.15) is 0 Å². The van der Waals surface area contributed by atoms with Crippen molar-refractivity contribution in [2.24, 2.45) is 17.8 Å². The molecule has 0 bridgehead atoms. The largest absolute Gasteiger partial charge is 0.512 e. The summed E-state index contributed by atoms with van der Waals surface area (Å²) in [6, 6.07) is 23.4. The van der Waals surface area contributed by atoms with Crippen LogP contribution in [0.1, 0.15) is 110 Å². The van der Waals surface area contributed by atoms with E-state index in [0.717, 1.165) is 54.1 Å². The molecule has 1 radical (unpaired) electrons. The van der Waals surface area contributed by atoms with Gasteiger partial charge in [0.25, 0.3) is 0 Å². The van der Waals surface area contributed by atoms with Crippen molar-refractivity contribution in [3.63, 3.8) is 0 Å². The normalized spacial score (nSPS) is 12.1. The van der Waals surface area contributed by atoms with Crippen molar-refractivity contribution in [2.45, 2.75) is 114 Å². The predicted molar refractivity (Wildman–Crippen MR) is 212 cm³/mol. The summed E-state index contributed by atoms with van der Waals surface area (Å²) in [7, 11) is 0. The Morgan fingerprint density at radius 1 is 0.882 bits per heavy atom. The van der Waals surface area contributed by atoms with Crippen LogP contribution in [0.25, 0.3) is 44.3 Å². The first-order valence-electron chi connectivity index (χ1n) is 18.6. The molecule has 2 heterocycles. The van der Waals surface area contributed by atoms with Crippen LogP contribution in [0.2, 0.25) is 0 Å². The molecule has 51 heavy (non-hydrogen) atoms. The van der Waals surface area contributed by atoms with E-state index in [2.05, 4.69) is 103 Å². The molecule has 5 rings (SSSR count). The van der Waals surface area contributed by atoms with Gasteiger partial charge in [-0.1, -0.05) is 110 Å². The second-order valence-corrected chi connectivity index (χ2v) is 15.3. The third kappa shape index (κ3) is 10.1. The number of benzene rings is 3. The van der Waals surface area contributed by atoms with Crippen molar-refractivity contribution in [1.82, 2.24) is 4.98 Å². The quantitative estimate of drug-likeness (QED) is 0.0816. The third-order valence-electron chi connectivity index (χ3n) is 9.88. The average Bonchev–Trinajstić information content (AvgIpc) is 3.54. The molecule has 0 aliphatic rings. The predicted octanol–water partition coefficient (Wildman–Crippen LogP) is 13.1. The average molecular weight is 865 g/mol. The molecule has 0 spiro atoms. The first-order valence-corrected chi connectivity index (χ1v) is 18.6. The maximum atomic E-state index is 11.7. The van der Waals surface area contributed by atoms with Gasteiger partial charge in [-0.25, -0.2) is 0 Å². The van der Waals surface area contributed by atoms with Gasteiger partial charge >= 0.3 is 0 Å². The minimum Gasteiger partial charge on any atom is -0.512 e. The van der Waals surface area contributed by atoms with Gasteiger partial charge in [0.05, 0.1) is 12.0 Å². The summed E-state index contributed by atoms with van der Waals surface area (Å²) in [4.78, 5) is 16.7. The molecule has 3 aromatic carbocycles. The zero-order chi connectivity index (χ0) is 36.7. The molecule has 275 valence electrons. The van der Waals surface area contributed by atoms with Crippen molar-refractivity contribution in [1.29, 1.82) is 0 Å². The van der Waals surface area contributed by atoms with Gasteiger partial charge in [0.15, 0.2) is 5.78 Å². The summed E-state index contributed by atoms with van der Waals surface area (Å²) in [5.41, 5.74) is 10.3. The molecule has 5 aromatic rings. The fourth-order valence-corrected chi connectivity index (χ4v) is 7.13. The summed E-state index contributed by atoms with van der Waals surface area (Å²) >= 11 is 0. The number of carbonyl (C=O) groups excluding carboxylic acids is 1. The first kappa shape index (κ1) is 41.9. The minimum atomic E-state index is 0. The SMILES string of the molecule is CCC(CC)C(=O)/C=C(\O)C(CC)CC.Cc1cc(CC(C)C)cc(C)c1-c1cc(-c2[c-]c3ccccc3c(C(C)(C)C)c2)nc2occc12.[Ir]. The van der Waals surface area contributed by atoms with Crippen LogP contribution in [0.4, 0.5) is 0 Å². The number of furan rings is 1. The smallest absolute Gasteiger partial charge is 0.219 e. The van der Waals surface area contributed by atoms with Gasteiger partial charge in [-0.05, 0) is 91.2 Å². The van der Waals surface area contributed by atoms with E-state index in [0.29, 0.717) is 11.6 Å². The Morgan fingerprint density at radius 2 is 1.49 bits per heavy atom. The van der Waals surface area contributed by atoms with Gasteiger partial charge < -0.3 is 9.52 Å². The van der Waals surface area contributed by atoms with Crippen molar-refractivity contribution < 1.29 is 34.4 Å². The molecule has 0 saturated carbocycles. The summed E-state index contributed by atoms with van der Waals surface area (Å²) in [5.74, 6) is 1.18. The maximum Gasteiger partial charge on any atom is 0.219 e. The van der Waals surface area contributed by atoms with E-state index in [4.69, 9.17) is 9.40 Å². The molecular formula is C46H58IrNO3-. The molecule has 0 fully saturated rings. The van der Waals surface area contributed by atoms with Crippen LogP contribution >= 0.6 is 0 Å². The Kier molecular flexibility index (Phi) is 15.0. The Hall–Kier alpha value is -3.53. The van der Waals surface area contributed by atoms with E-state index < -0.39 is 0 Å². The fraction of sp³-hybridized carbons (Fsp3) is 0.435. The molecule has 4 nitrogen and oxygen atoms in total. The Balaban J connectivity index is 0.000000374. The Morgan fingerprint density at radius 3 is 2.06 bits per heavy atom. The molecule has 1 N–H and O–H groups in total. The van der Waals surface area contributed by atoms with Gasteiger partial charge in [-0.15, -0.1) is 29.1 Å². The first-order chi connectivity index (χ1) is 23.7. The number of aryl methyl sites for hydroxylation is 2. The van der Waals surface area contributed by atoms with Gasteiger partial charge in [-0.3, -0.25) is 9.78 Å². The van der Waals surface area contributed by atoms with Crippen LogP contribution in [0.3, 0.4) is 0 Å². The summed E-state index contributed by atoms with van der Waals surface area (Å²) < 4.78 is 5.86. The molecular weight excluding hydrogens is 807 g/mol. The number of hydrogen-bond donors (Lipinski definition) is 1. The van der Waals surface area contributed by atoms with Crippen LogP contribution in [0.15, 0.2) is 77.1 Å².